The molecule has 1 saturated carbocycles. The van der Waals surface area contributed by atoms with Crippen LogP contribution in [0.25, 0.3) is 0 Å². The smallest absolute Gasteiger partial charge is 0.296 e. The molecule has 2 fully saturated rings. The van der Waals surface area contributed by atoms with Crippen molar-refractivity contribution in [2.24, 2.45) is 5.92 Å². The molecule has 1 aliphatic carbocycles. The molecule has 1 unspecified atom stereocenters. The average Bonchev–Trinajstić information content (AvgIpc) is 3.15. The molecule has 1 aliphatic heterocycles. The number of rotatable bonds is 4. The fourth-order valence-electron chi connectivity index (χ4n) is 3.06. The van der Waals surface area contributed by atoms with Gasteiger partial charge in [0.25, 0.3) is 5.91 Å². The van der Waals surface area contributed by atoms with Gasteiger partial charge in [-0.3, -0.25) is 9.89 Å². The van der Waals surface area contributed by atoms with Crippen LogP contribution >= 0.6 is 0 Å². The number of nitrogens with one attached hydrogen (secondary N) is 2. The van der Waals surface area contributed by atoms with E-state index >= 15 is 0 Å². The van der Waals surface area contributed by atoms with Gasteiger partial charge in [-0.1, -0.05) is 5.92 Å². The van der Waals surface area contributed by atoms with Crippen molar-refractivity contribution in [3.8, 4) is 11.8 Å². The van der Waals surface area contributed by atoms with Crippen molar-refractivity contribution in [1.82, 2.24) is 25.5 Å². The van der Waals surface area contributed by atoms with E-state index in [1.807, 2.05) is 6.07 Å². The van der Waals surface area contributed by atoms with Crippen LogP contribution in [0, 0.1) is 17.8 Å². The molecule has 0 spiro atoms. The maximum atomic E-state index is 11.8. The number of H-pyrrole nitrogens is 1. The highest BCUT2D eigenvalue weighted by Gasteiger charge is 2.28. The van der Waals surface area contributed by atoms with Crippen LogP contribution in [-0.2, 0) is 11.3 Å². The predicted octanol–water partition coefficient (Wildman–Crippen LogP) is 1.22. The second-order valence-corrected chi connectivity index (χ2v) is 6.52. The monoisotopic (exact) mass is 336 g/mol. The molecule has 0 aromatic carbocycles. The van der Waals surface area contributed by atoms with Crippen LogP contribution in [0.15, 0.2) is 24.7 Å². The average molecular weight is 336 g/mol. The summed E-state index contributed by atoms with van der Waals surface area (Å²) in [5, 5.41) is 10.1. The van der Waals surface area contributed by atoms with Crippen LogP contribution < -0.4 is 10.2 Å². The highest BCUT2D eigenvalue weighted by atomic mass is 16.1. The predicted molar refractivity (Wildman–Crippen MR) is 92.5 cm³/mol. The molecule has 7 nitrogen and oxygen atoms in total. The summed E-state index contributed by atoms with van der Waals surface area (Å²) >= 11 is 0. The zero-order valence-corrected chi connectivity index (χ0v) is 13.9. The van der Waals surface area contributed by atoms with Crippen LogP contribution in [0.2, 0.25) is 0 Å². The van der Waals surface area contributed by atoms with Crippen molar-refractivity contribution in [3.05, 3.63) is 35.9 Å². The Bertz CT molecular complexity index is 802. The Hall–Kier alpha value is -2.88. The highest BCUT2D eigenvalue weighted by Crippen LogP contribution is 2.29. The largest absolute Gasteiger partial charge is 0.341 e. The first-order chi connectivity index (χ1) is 12.3. The Morgan fingerprint density at radius 3 is 2.96 bits per heavy atom. The third-order valence-corrected chi connectivity index (χ3v) is 4.59. The lowest BCUT2D eigenvalue weighted by molar-refractivity contribution is -0.115. The van der Waals surface area contributed by atoms with E-state index < -0.39 is 0 Å². The van der Waals surface area contributed by atoms with Crippen LogP contribution in [-0.4, -0.2) is 39.2 Å². The molecule has 0 bridgehead atoms. The number of aromatic amines is 1. The van der Waals surface area contributed by atoms with Gasteiger partial charge in [0, 0.05) is 55.1 Å². The normalized spacial score (nSPS) is 19.4. The fourth-order valence-corrected chi connectivity index (χ4v) is 3.06. The zero-order chi connectivity index (χ0) is 17.1. The van der Waals surface area contributed by atoms with Gasteiger partial charge in [-0.05, 0) is 31.2 Å². The van der Waals surface area contributed by atoms with Crippen LogP contribution in [0.3, 0.4) is 0 Å². The molecule has 1 atom stereocenters. The van der Waals surface area contributed by atoms with Crippen molar-refractivity contribution in [2.45, 2.75) is 31.7 Å². The van der Waals surface area contributed by atoms with Gasteiger partial charge >= 0.3 is 0 Å². The molecule has 2 aliphatic rings. The number of carbonyl (C=O) groups excluding carboxylic acids is 1. The first-order valence-corrected chi connectivity index (χ1v) is 8.63. The first kappa shape index (κ1) is 15.6. The van der Waals surface area contributed by atoms with Crippen LogP contribution in [0.4, 0.5) is 5.95 Å². The molecule has 3 heterocycles. The lowest BCUT2D eigenvalue weighted by Crippen LogP contribution is -2.23. The Kier molecular flexibility index (Phi) is 4.34. The molecule has 2 N–H and O–H groups in total. The van der Waals surface area contributed by atoms with Gasteiger partial charge in [0.15, 0.2) is 0 Å². The van der Waals surface area contributed by atoms with E-state index in [9.17, 15) is 4.79 Å². The van der Waals surface area contributed by atoms with Gasteiger partial charge in [0.1, 0.15) is 0 Å². The summed E-state index contributed by atoms with van der Waals surface area (Å²) in [6, 6.07) is 1.82. The maximum absolute atomic E-state index is 11.8. The van der Waals surface area contributed by atoms with E-state index in [4.69, 9.17) is 0 Å². The SMILES string of the molecule is O=C(C#CC1CC1)NCc1cn[nH]c1C1CCN(c2ncccn2)C1. The molecule has 128 valence electrons. The molecule has 4 rings (SSSR count). The number of aromatic nitrogens is 4. The zero-order valence-electron chi connectivity index (χ0n) is 13.9. The molecule has 1 saturated heterocycles. The van der Waals surface area contributed by atoms with Crippen molar-refractivity contribution in [1.29, 1.82) is 0 Å². The third-order valence-electron chi connectivity index (χ3n) is 4.59. The summed E-state index contributed by atoms with van der Waals surface area (Å²) in [5.74, 6) is 6.94. The van der Waals surface area contributed by atoms with Gasteiger partial charge in [-0.2, -0.15) is 5.10 Å². The molecule has 2 aromatic heterocycles. The third kappa shape index (κ3) is 3.79. The topological polar surface area (TPSA) is 86.8 Å². The number of nitrogens with zero attached hydrogens (tertiary/aromatic N) is 4. The van der Waals surface area contributed by atoms with Crippen molar-refractivity contribution >= 4 is 11.9 Å². The molecule has 1 amide bonds. The molecular weight excluding hydrogens is 316 g/mol. The number of carbonyl (C=O) groups is 1. The van der Waals surface area contributed by atoms with E-state index in [0.717, 1.165) is 49.6 Å². The Balaban J connectivity index is 1.37. The van der Waals surface area contributed by atoms with Gasteiger partial charge in [-0.15, -0.1) is 0 Å². The van der Waals surface area contributed by atoms with E-state index in [1.165, 1.54) is 0 Å². The van der Waals surface area contributed by atoms with Crippen molar-refractivity contribution in [3.63, 3.8) is 0 Å². The lowest BCUT2D eigenvalue weighted by Gasteiger charge is -2.16. The van der Waals surface area contributed by atoms with Gasteiger partial charge in [-0.25, -0.2) is 9.97 Å². The maximum Gasteiger partial charge on any atom is 0.296 e. The van der Waals surface area contributed by atoms with E-state index in [0.29, 0.717) is 18.4 Å². The minimum atomic E-state index is -0.218. The van der Waals surface area contributed by atoms with Crippen LogP contribution in [0.1, 0.15) is 36.4 Å². The summed E-state index contributed by atoms with van der Waals surface area (Å²) in [7, 11) is 0. The summed E-state index contributed by atoms with van der Waals surface area (Å²) in [6.45, 7) is 2.20. The lowest BCUT2D eigenvalue weighted by atomic mass is 10.0. The van der Waals surface area contributed by atoms with Crippen molar-refractivity contribution < 1.29 is 4.79 Å². The van der Waals surface area contributed by atoms with Crippen LogP contribution in [0.5, 0.6) is 0 Å². The standard InChI is InChI=1S/C18H20N6O/c25-16(5-4-13-2-3-13)21-10-15-11-22-23-17(15)14-6-9-24(12-14)18-19-7-1-8-20-18/h1,7-8,11,13-14H,2-3,6,9-10,12H2,(H,21,25)(H,22,23). The molecule has 2 aromatic rings. The Morgan fingerprint density at radius 2 is 2.16 bits per heavy atom. The van der Waals surface area contributed by atoms with Crippen molar-refractivity contribution in [2.75, 3.05) is 18.0 Å². The van der Waals surface area contributed by atoms with E-state index in [-0.39, 0.29) is 5.91 Å². The molecule has 25 heavy (non-hydrogen) atoms. The number of amides is 1. The number of anilines is 1. The van der Waals surface area contributed by atoms with Gasteiger partial charge < -0.3 is 10.2 Å². The Labute approximate surface area is 146 Å². The fraction of sp³-hybridized carbons (Fsp3) is 0.444. The minimum Gasteiger partial charge on any atom is -0.341 e. The highest BCUT2D eigenvalue weighted by molar-refractivity contribution is 5.93. The van der Waals surface area contributed by atoms with E-state index in [2.05, 4.69) is 42.2 Å². The first-order valence-electron chi connectivity index (χ1n) is 8.63. The molecule has 7 heteroatoms. The quantitative estimate of drug-likeness (QED) is 0.820. The molecule has 0 radical (unpaired) electrons. The number of hydrogen-bond donors (Lipinski definition) is 2. The molecular formula is C18H20N6O. The summed E-state index contributed by atoms with van der Waals surface area (Å²) < 4.78 is 0. The second-order valence-electron chi connectivity index (χ2n) is 6.52. The van der Waals surface area contributed by atoms with Gasteiger partial charge in [0.2, 0.25) is 5.95 Å². The second kappa shape index (κ2) is 6.93. The summed E-state index contributed by atoms with van der Waals surface area (Å²) in [6.07, 6.45) is 8.55. The summed E-state index contributed by atoms with van der Waals surface area (Å²) in [5.41, 5.74) is 2.09. The summed E-state index contributed by atoms with van der Waals surface area (Å²) in [4.78, 5) is 22.6. The minimum absolute atomic E-state index is 0.218. The van der Waals surface area contributed by atoms with Gasteiger partial charge in [0.05, 0.1) is 6.20 Å². The number of hydrogen-bond acceptors (Lipinski definition) is 5. The van der Waals surface area contributed by atoms with E-state index in [1.54, 1.807) is 18.6 Å². The Morgan fingerprint density at radius 1 is 1.32 bits per heavy atom.